The lowest BCUT2D eigenvalue weighted by Gasteiger charge is -2.10. The lowest BCUT2D eigenvalue weighted by molar-refractivity contribution is 0.584. The molecule has 4 N–H and O–H groups in total. The lowest BCUT2D eigenvalue weighted by Crippen LogP contribution is -2.29. The molecule has 0 heterocycles. The molecule has 0 unspecified atom stereocenters. The Bertz CT molecular complexity index is 476. The van der Waals surface area contributed by atoms with Gasteiger partial charge < -0.3 is 11.1 Å². The summed E-state index contributed by atoms with van der Waals surface area (Å²) >= 11 is 0. The summed E-state index contributed by atoms with van der Waals surface area (Å²) in [7, 11) is -3.27. The van der Waals surface area contributed by atoms with Gasteiger partial charge in [0.2, 0.25) is 10.0 Å². The number of nitrogens with one attached hydrogen (secondary N) is 2. The molecule has 17 heavy (non-hydrogen) atoms. The standard InChI is InChI=1S/C10H16FN3O2S/c1-2-14-17(15,16)7-6-13-9-5-3-4-8(11)10(9)12/h3-5,13-14H,2,6-7,12H2,1H3. The third-order valence-corrected chi connectivity index (χ3v) is 3.57. The SMILES string of the molecule is CCNS(=O)(=O)CCNc1cccc(F)c1N. The Morgan fingerprint density at radius 3 is 2.76 bits per heavy atom. The van der Waals surface area contributed by atoms with Crippen molar-refractivity contribution in [2.75, 3.05) is 29.9 Å². The van der Waals surface area contributed by atoms with Crippen molar-refractivity contribution in [3.8, 4) is 0 Å². The minimum Gasteiger partial charge on any atom is -0.395 e. The Balaban J connectivity index is 2.55. The molecule has 0 radical (unpaired) electrons. The molecule has 0 spiro atoms. The van der Waals surface area contributed by atoms with E-state index in [9.17, 15) is 12.8 Å². The zero-order chi connectivity index (χ0) is 12.9. The third-order valence-electron chi connectivity index (χ3n) is 2.10. The highest BCUT2D eigenvalue weighted by Crippen LogP contribution is 2.20. The maximum atomic E-state index is 13.1. The van der Waals surface area contributed by atoms with Gasteiger partial charge in [-0.15, -0.1) is 0 Å². The fraction of sp³-hybridized carbons (Fsp3) is 0.400. The van der Waals surface area contributed by atoms with E-state index in [0.717, 1.165) is 0 Å². The lowest BCUT2D eigenvalue weighted by atomic mass is 10.2. The van der Waals surface area contributed by atoms with E-state index in [1.165, 1.54) is 12.1 Å². The maximum Gasteiger partial charge on any atom is 0.213 e. The summed E-state index contributed by atoms with van der Waals surface area (Å²) in [4.78, 5) is 0. The van der Waals surface area contributed by atoms with Gasteiger partial charge in [-0.05, 0) is 12.1 Å². The van der Waals surface area contributed by atoms with Crippen LogP contribution in [-0.4, -0.2) is 27.3 Å². The number of halogens is 1. The quantitative estimate of drug-likeness (QED) is 0.660. The molecule has 7 heteroatoms. The van der Waals surface area contributed by atoms with Crippen LogP contribution in [0.1, 0.15) is 6.92 Å². The second-order valence-corrected chi connectivity index (χ2v) is 5.37. The predicted octanol–water partition coefficient (Wildman–Crippen LogP) is 0.759. The van der Waals surface area contributed by atoms with E-state index in [1.54, 1.807) is 13.0 Å². The molecule has 0 saturated heterocycles. The van der Waals surface area contributed by atoms with Gasteiger partial charge in [-0.1, -0.05) is 13.0 Å². The van der Waals surface area contributed by atoms with Crippen LogP contribution in [0.4, 0.5) is 15.8 Å². The minimum atomic E-state index is -3.27. The van der Waals surface area contributed by atoms with E-state index >= 15 is 0 Å². The molecule has 1 aromatic rings. The fourth-order valence-corrected chi connectivity index (χ4v) is 2.26. The van der Waals surface area contributed by atoms with Crippen molar-refractivity contribution in [1.82, 2.24) is 4.72 Å². The molecule has 1 rings (SSSR count). The van der Waals surface area contributed by atoms with Crippen molar-refractivity contribution in [3.63, 3.8) is 0 Å². The van der Waals surface area contributed by atoms with Crippen LogP contribution < -0.4 is 15.8 Å². The second-order valence-electron chi connectivity index (χ2n) is 3.44. The summed E-state index contributed by atoms with van der Waals surface area (Å²) in [6, 6.07) is 4.35. The Morgan fingerprint density at radius 2 is 2.12 bits per heavy atom. The number of benzene rings is 1. The Kier molecular flexibility index (Phi) is 4.71. The number of nitrogens with two attached hydrogens (primary N) is 1. The van der Waals surface area contributed by atoms with E-state index in [1.807, 2.05) is 0 Å². The largest absolute Gasteiger partial charge is 0.395 e. The van der Waals surface area contributed by atoms with Gasteiger partial charge in [0, 0.05) is 13.1 Å². The summed E-state index contributed by atoms with van der Waals surface area (Å²) in [6.45, 7) is 2.23. The summed E-state index contributed by atoms with van der Waals surface area (Å²) in [6.07, 6.45) is 0. The number of anilines is 2. The van der Waals surface area contributed by atoms with Crippen molar-refractivity contribution in [3.05, 3.63) is 24.0 Å². The van der Waals surface area contributed by atoms with Crippen molar-refractivity contribution in [2.24, 2.45) is 0 Å². The normalized spacial score (nSPS) is 11.4. The van der Waals surface area contributed by atoms with Crippen LogP contribution in [0.15, 0.2) is 18.2 Å². The molecular formula is C10H16FN3O2S. The van der Waals surface area contributed by atoms with Crippen LogP contribution in [0.3, 0.4) is 0 Å². The van der Waals surface area contributed by atoms with Crippen LogP contribution in [0, 0.1) is 5.82 Å². The molecule has 0 saturated carbocycles. The van der Waals surface area contributed by atoms with Gasteiger partial charge in [0.05, 0.1) is 17.1 Å². The van der Waals surface area contributed by atoms with Gasteiger partial charge in [-0.25, -0.2) is 17.5 Å². The molecule has 0 bridgehead atoms. The first kappa shape index (κ1) is 13.7. The average Bonchev–Trinajstić information content (AvgIpc) is 2.24. The van der Waals surface area contributed by atoms with E-state index in [0.29, 0.717) is 12.2 Å². The van der Waals surface area contributed by atoms with Crippen molar-refractivity contribution in [2.45, 2.75) is 6.92 Å². The monoisotopic (exact) mass is 261 g/mol. The van der Waals surface area contributed by atoms with Crippen LogP contribution in [-0.2, 0) is 10.0 Å². The van der Waals surface area contributed by atoms with E-state index < -0.39 is 15.8 Å². The predicted molar refractivity (Wildman–Crippen MR) is 66.8 cm³/mol. The molecule has 0 atom stereocenters. The van der Waals surface area contributed by atoms with Gasteiger partial charge in [0.25, 0.3) is 0 Å². The summed E-state index contributed by atoms with van der Waals surface area (Å²) < 4.78 is 38.1. The molecule has 1 aromatic carbocycles. The van der Waals surface area contributed by atoms with Gasteiger partial charge in [-0.2, -0.15) is 0 Å². The summed E-state index contributed by atoms with van der Waals surface area (Å²) in [5.74, 6) is -0.610. The topological polar surface area (TPSA) is 84.2 Å². The number of nitrogen functional groups attached to an aromatic ring is 1. The highest BCUT2D eigenvalue weighted by atomic mass is 32.2. The molecule has 0 aliphatic heterocycles. The Hall–Kier alpha value is -1.34. The third kappa shape index (κ3) is 4.20. The molecule has 0 aliphatic carbocycles. The van der Waals surface area contributed by atoms with Crippen molar-refractivity contribution >= 4 is 21.4 Å². The first-order valence-corrected chi connectivity index (χ1v) is 6.86. The fourth-order valence-electron chi connectivity index (χ4n) is 1.30. The second kappa shape index (κ2) is 5.83. The molecule has 96 valence electrons. The number of hydrogen-bond acceptors (Lipinski definition) is 4. The zero-order valence-corrected chi connectivity index (χ0v) is 10.3. The number of hydrogen-bond donors (Lipinski definition) is 3. The summed E-state index contributed by atoms with van der Waals surface area (Å²) in [5.41, 5.74) is 5.88. The van der Waals surface area contributed by atoms with Gasteiger partial charge >= 0.3 is 0 Å². The molecule has 5 nitrogen and oxygen atoms in total. The van der Waals surface area contributed by atoms with Gasteiger partial charge in [-0.3, -0.25) is 0 Å². The molecule has 0 fully saturated rings. The molecule has 0 aliphatic rings. The first-order chi connectivity index (χ1) is 7.96. The van der Waals surface area contributed by atoms with Crippen LogP contribution in [0.2, 0.25) is 0 Å². The van der Waals surface area contributed by atoms with Crippen LogP contribution in [0.25, 0.3) is 0 Å². The molecule has 0 amide bonds. The number of rotatable bonds is 6. The van der Waals surface area contributed by atoms with Crippen molar-refractivity contribution < 1.29 is 12.8 Å². The molecular weight excluding hydrogens is 245 g/mol. The average molecular weight is 261 g/mol. The van der Waals surface area contributed by atoms with E-state index in [2.05, 4.69) is 10.0 Å². The summed E-state index contributed by atoms with van der Waals surface area (Å²) in [5, 5.41) is 2.78. The smallest absolute Gasteiger partial charge is 0.213 e. The number of para-hydroxylation sites is 1. The maximum absolute atomic E-state index is 13.1. The highest BCUT2D eigenvalue weighted by molar-refractivity contribution is 7.89. The van der Waals surface area contributed by atoms with Crippen LogP contribution >= 0.6 is 0 Å². The van der Waals surface area contributed by atoms with E-state index in [-0.39, 0.29) is 18.0 Å². The zero-order valence-electron chi connectivity index (χ0n) is 9.53. The Morgan fingerprint density at radius 1 is 1.41 bits per heavy atom. The number of sulfonamides is 1. The molecule has 0 aromatic heterocycles. The first-order valence-electron chi connectivity index (χ1n) is 5.21. The van der Waals surface area contributed by atoms with Gasteiger partial charge in [0.15, 0.2) is 0 Å². The van der Waals surface area contributed by atoms with Crippen LogP contribution in [0.5, 0.6) is 0 Å². The van der Waals surface area contributed by atoms with E-state index in [4.69, 9.17) is 5.73 Å². The van der Waals surface area contributed by atoms with Crippen molar-refractivity contribution in [1.29, 1.82) is 0 Å². The highest BCUT2D eigenvalue weighted by Gasteiger charge is 2.09. The Labute approximate surface area is 100 Å². The van der Waals surface area contributed by atoms with Gasteiger partial charge in [0.1, 0.15) is 5.82 Å². The minimum absolute atomic E-state index is 0.00616.